The van der Waals surface area contributed by atoms with E-state index in [1.807, 2.05) is 62.4 Å². The zero-order chi connectivity index (χ0) is 22.0. The molecule has 1 aliphatic heterocycles. The standard InChI is InChI=1S/C25H28N4O2/c1-16-5-10-23-20(12-16)13-22(17(2)27-23)25(31)28-21-8-6-18(7-9-21)14-29-11-3-4-19(15-29)24(26)30/h5-10,12-13,19H,3-4,11,14-15H2,1-2H3,(H2,26,30)(H,28,31). The fraction of sp³-hybridized carbons (Fsp3) is 0.320. The number of aromatic nitrogens is 1. The van der Waals surface area contributed by atoms with Gasteiger partial charge in [0.1, 0.15) is 0 Å². The molecule has 2 aromatic carbocycles. The molecular weight excluding hydrogens is 388 g/mol. The fourth-order valence-electron chi connectivity index (χ4n) is 4.20. The Kier molecular flexibility index (Phi) is 6.00. The summed E-state index contributed by atoms with van der Waals surface area (Å²) in [6.45, 7) is 6.33. The average molecular weight is 417 g/mol. The summed E-state index contributed by atoms with van der Waals surface area (Å²) in [5.41, 5.74) is 10.7. The van der Waals surface area contributed by atoms with Crippen molar-refractivity contribution in [1.29, 1.82) is 0 Å². The fourth-order valence-corrected chi connectivity index (χ4v) is 4.20. The van der Waals surface area contributed by atoms with Gasteiger partial charge in [0.25, 0.3) is 5.91 Å². The van der Waals surface area contributed by atoms with Gasteiger partial charge in [0, 0.05) is 24.2 Å². The van der Waals surface area contributed by atoms with Crippen LogP contribution in [0.5, 0.6) is 0 Å². The maximum Gasteiger partial charge on any atom is 0.257 e. The first kappa shape index (κ1) is 21.0. The number of hydrogen-bond donors (Lipinski definition) is 2. The topological polar surface area (TPSA) is 88.3 Å². The third kappa shape index (κ3) is 4.91. The van der Waals surface area contributed by atoms with Gasteiger partial charge in [-0.1, -0.05) is 23.8 Å². The summed E-state index contributed by atoms with van der Waals surface area (Å²) in [5.74, 6) is -0.437. The van der Waals surface area contributed by atoms with Crippen LogP contribution in [-0.4, -0.2) is 34.8 Å². The zero-order valence-corrected chi connectivity index (χ0v) is 18.0. The van der Waals surface area contributed by atoms with Crippen molar-refractivity contribution in [3.8, 4) is 0 Å². The molecule has 3 aromatic rings. The van der Waals surface area contributed by atoms with Crippen molar-refractivity contribution in [1.82, 2.24) is 9.88 Å². The molecule has 6 heteroatoms. The lowest BCUT2D eigenvalue weighted by molar-refractivity contribution is -0.123. The molecule has 1 aromatic heterocycles. The molecule has 1 saturated heterocycles. The zero-order valence-electron chi connectivity index (χ0n) is 18.0. The van der Waals surface area contributed by atoms with Crippen LogP contribution in [0, 0.1) is 19.8 Å². The lowest BCUT2D eigenvalue weighted by Crippen LogP contribution is -2.40. The number of primary amides is 1. The lowest BCUT2D eigenvalue weighted by Gasteiger charge is -2.31. The highest BCUT2D eigenvalue weighted by Crippen LogP contribution is 2.21. The molecule has 0 radical (unpaired) electrons. The van der Waals surface area contributed by atoms with E-state index in [4.69, 9.17) is 5.73 Å². The van der Waals surface area contributed by atoms with Gasteiger partial charge in [0.15, 0.2) is 0 Å². The smallest absolute Gasteiger partial charge is 0.257 e. The molecule has 1 unspecified atom stereocenters. The Hall–Kier alpha value is -3.25. The second-order valence-corrected chi connectivity index (χ2v) is 8.45. The quantitative estimate of drug-likeness (QED) is 0.662. The van der Waals surface area contributed by atoms with E-state index < -0.39 is 0 Å². The number of nitrogens with zero attached hydrogens (tertiary/aromatic N) is 2. The van der Waals surface area contributed by atoms with E-state index in [0.29, 0.717) is 17.8 Å². The first-order valence-electron chi connectivity index (χ1n) is 10.7. The number of nitrogens with one attached hydrogen (secondary N) is 1. The van der Waals surface area contributed by atoms with Crippen LogP contribution in [-0.2, 0) is 11.3 Å². The van der Waals surface area contributed by atoms with Crippen LogP contribution >= 0.6 is 0 Å². The number of rotatable bonds is 5. The van der Waals surface area contributed by atoms with Gasteiger partial charge in [-0.25, -0.2) is 0 Å². The predicted octanol–water partition coefficient (Wildman–Crippen LogP) is 3.80. The highest BCUT2D eigenvalue weighted by Gasteiger charge is 2.23. The van der Waals surface area contributed by atoms with Gasteiger partial charge in [-0.3, -0.25) is 19.5 Å². The van der Waals surface area contributed by atoms with Crippen LogP contribution in [0.25, 0.3) is 10.9 Å². The van der Waals surface area contributed by atoms with Crippen LogP contribution in [0.15, 0.2) is 48.5 Å². The number of amides is 2. The number of hydrogen-bond acceptors (Lipinski definition) is 4. The molecule has 4 rings (SSSR count). The highest BCUT2D eigenvalue weighted by atomic mass is 16.2. The average Bonchev–Trinajstić information content (AvgIpc) is 2.75. The second kappa shape index (κ2) is 8.86. The summed E-state index contributed by atoms with van der Waals surface area (Å²) in [4.78, 5) is 31.2. The van der Waals surface area contributed by atoms with Crippen molar-refractivity contribution in [2.75, 3.05) is 18.4 Å². The molecule has 31 heavy (non-hydrogen) atoms. The first-order valence-corrected chi connectivity index (χ1v) is 10.7. The second-order valence-electron chi connectivity index (χ2n) is 8.45. The van der Waals surface area contributed by atoms with Gasteiger partial charge >= 0.3 is 0 Å². The van der Waals surface area contributed by atoms with Crippen molar-refractivity contribution in [3.05, 3.63) is 70.9 Å². The molecule has 2 heterocycles. The Bertz CT molecular complexity index is 1120. The Balaban J connectivity index is 1.43. The summed E-state index contributed by atoms with van der Waals surface area (Å²) in [5, 5.41) is 3.94. The maximum atomic E-state index is 12.9. The van der Waals surface area contributed by atoms with Gasteiger partial charge in [-0.2, -0.15) is 0 Å². The van der Waals surface area contributed by atoms with Gasteiger partial charge in [-0.05, 0) is 69.1 Å². The molecule has 160 valence electrons. The highest BCUT2D eigenvalue weighted by molar-refractivity contribution is 6.06. The van der Waals surface area contributed by atoms with Crippen molar-refractivity contribution < 1.29 is 9.59 Å². The van der Waals surface area contributed by atoms with Crippen LogP contribution in [0.1, 0.15) is 40.0 Å². The summed E-state index contributed by atoms with van der Waals surface area (Å²) < 4.78 is 0. The van der Waals surface area contributed by atoms with E-state index in [1.165, 1.54) is 0 Å². The largest absolute Gasteiger partial charge is 0.369 e. The van der Waals surface area contributed by atoms with Crippen LogP contribution in [0.3, 0.4) is 0 Å². The van der Waals surface area contributed by atoms with Gasteiger partial charge in [0.05, 0.1) is 22.7 Å². The monoisotopic (exact) mass is 416 g/mol. The molecule has 3 N–H and O–H groups in total. The summed E-state index contributed by atoms with van der Waals surface area (Å²) in [7, 11) is 0. The van der Waals surface area contributed by atoms with Gasteiger partial charge in [-0.15, -0.1) is 0 Å². The Labute approximate surface area is 182 Å². The summed E-state index contributed by atoms with van der Waals surface area (Å²) >= 11 is 0. The van der Waals surface area contributed by atoms with E-state index in [-0.39, 0.29) is 17.7 Å². The van der Waals surface area contributed by atoms with E-state index in [2.05, 4.69) is 15.2 Å². The Morgan fingerprint density at radius 1 is 1.13 bits per heavy atom. The van der Waals surface area contributed by atoms with Crippen molar-refractivity contribution in [2.24, 2.45) is 11.7 Å². The number of anilines is 1. The number of nitrogens with two attached hydrogens (primary N) is 1. The summed E-state index contributed by atoms with van der Waals surface area (Å²) in [6, 6.07) is 15.8. The van der Waals surface area contributed by atoms with E-state index in [0.717, 1.165) is 53.6 Å². The predicted molar refractivity (Wildman–Crippen MR) is 123 cm³/mol. The summed E-state index contributed by atoms with van der Waals surface area (Å²) in [6.07, 6.45) is 1.86. The van der Waals surface area contributed by atoms with E-state index in [9.17, 15) is 9.59 Å². The molecule has 0 bridgehead atoms. The number of likely N-dealkylation sites (tertiary alicyclic amines) is 1. The molecule has 6 nitrogen and oxygen atoms in total. The number of pyridine rings is 1. The maximum absolute atomic E-state index is 12.9. The first-order chi connectivity index (χ1) is 14.9. The Morgan fingerprint density at radius 2 is 1.90 bits per heavy atom. The minimum Gasteiger partial charge on any atom is -0.369 e. The molecule has 2 amide bonds. The molecule has 1 atom stereocenters. The molecule has 0 saturated carbocycles. The van der Waals surface area contributed by atoms with Crippen LogP contribution < -0.4 is 11.1 Å². The van der Waals surface area contributed by atoms with Crippen LogP contribution in [0.2, 0.25) is 0 Å². The van der Waals surface area contributed by atoms with Gasteiger partial charge in [0.2, 0.25) is 5.91 Å². The molecule has 0 spiro atoms. The molecule has 0 aliphatic carbocycles. The molecule has 1 fully saturated rings. The number of benzene rings is 2. The normalized spacial score (nSPS) is 16.9. The SMILES string of the molecule is Cc1ccc2nc(C)c(C(=O)Nc3ccc(CN4CCCC(C(N)=O)C4)cc3)cc2c1. The van der Waals surface area contributed by atoms with Gasteiger partial charge < -0.3 is 11.1 Å². The van der Waals surface area contributed by atoms with E-state index in [1.54, 1.807) is 0 Å². The number of aryl methyl sites for hydroxylation is 2. The minimum absolute atomic E-state index is 0.0603. The third-order valence-corrected chi connectivity index (χ3v) is 5.93. The van der Waals surface area contributed by atoms with E-state index >= 15 is 0 Å². The van der Waals surface area contributed by atoms with Crippen molar-refractivity contribution in [3.63, 3.8) is 0 Å². The van der Waals surface area contributed by atoms with Crippen molar-refractivity contribution in [2.45, 2.75) is 33.2 Å². The van der Waals surface area contributed by atoms with Crippen LogP contribution in [0.4, 0.5) is 5.69 Å². The number of fused-ring (bicyclic) bond motifs is 1. The minimum atomic E-state index is -0.212. The lowest BCUT2D eigenvalue weighted by atomic mass is 9.97. The number of carbonyl (C=O) groups excluding carboxylic acids is 2. The Morgan fingerprint density at radius 3 is 2.65 bits per heavy atom. The number of piperidine rings is 1. The van der Waals surface area contributed by atoms with Crippen molar-refractivity contribution >= 4 is 28.4 Å². The third-order valence-electron chi connectivity index (χ3n) is 5.93. The molecule has 1 aliphatic rings. The molecular formula is C25H28N4O2. The number of carbonyl (C=O) groups is 2.